The third-order valence-corrected chi connectivity index (χ3v) is 1.29. The van der Waals surface area contributed by atoms with Crippen LogP contribution < -0.4 is 4.90 Å². The molecule has 0 saturated carbocycles. The molecule has 0 aliphatic heterocycles. The number of anilines is 1. The van der Waals surface area contributed by atoms with Crippen molar-refractivity contribution in [3.05, 3.63) is 18.1 Å². The van der Waals surface area contributed by atoms with Gasteiger partial charge in [-0.25, -0.2) is 14.8 Å². The summed E-state index contributed by atoms with van der Waals surface area (Å²) in [4.78, 5) is 19.5. The molecule has 1 aromatic heterocycles. The van der Waals surface area contributed by atoms with Gasteiger partial charge in [0.2, 0.25) is 5.82 Å². The molecule has 0 aliphatic carbocycles. The maximum atomic E-state index is 10.4. The van der Waals surface area contributed by atoms with Crippen molar-refractivity contribution in [1.82, 2.24) is 9.97 Å². The monoisotopic (exact) mass is 167 g/mol. The zero-order valence-electron chi connectivity index (χ0n) is 6.85. The van der Waals surface area contributed by atoms with E-state index in [1.165, 1.54) is 6.20 Å². The molecular weight excluding hydrogens is 158 g/mol. The number of hydrogen-bond donors (Lipinski definition) is 1. The molecular formula is C7H9N3O2. The summed E-state index contributed by atoms with van der Waals surface area (Å²) in [6.45, 7) is 0. The Morgan fingerprint density at radius 2 is 2.25 bits per heavy atom. The molecule has 1 N–H and O–H groups in total. The van der Waals surface area contributed by atoms with Gasteiger partial charge in [-0.3, -0.25) is 0 Å². The average Bonchev–Trinajstić information content (AvgIpc) is 2.04. The van der Waals surface area contributed by atoms with Gasteiger partial charge >= 0.3 is 5.97 Å². The third kappa shape index (κ3) is 1.69. The lowest BCUT2D eigenvalue weighted by Crippen LogP contribution is -2.13. The van der Waals surface area contributed by atoms with Gasteiger partial charge in [0, 0.05) is 20.3 Å². The molecule has 0 bridgehead atoms. The van der Waals surface area contributed by atoms with E-state index in [1.54, 1.807) is 25.1 Å². The van der Waals surface area contributed by atoms with E-state index in [-0.39, 0.29) is 5.82 Å². The van der Waals surface area contributed by atoms with E-state index in [9.17, 15) is 4.79 Å². The summed E-state index contributed by atoms with van der Waals surface area (Å²) >= 11 is 0. The minimum absolute atomic E-state index is 0.179. The Hall–Kier alpha value is -1.65. The Balaban J connectivity index is 3.04. The molecule has 5 heteroatoms. The smallest absolute Gasteiger partial charge is 0.374 e. The fraction of sp³-hybridized carbons (Fsp3) is 0.286. The van der Waals surface area contributed by atoms with Gasteiger partial charge in [0.1, 0.15) is 5.82 Å². The molecule has 0 saturated heterocycles. The van der Waals surface area contributed by atoms with Gasteiger partial charge in [0.05, 0.1) is 0 Å². The summed E-state index contributed by atoms with van der Waals surface area (Å²) < 4.78 is 0. The Kier molecular flexibility index (Phi) is 2.23. The topological polar surface area (TPSA) is 66.3 Å². The van der Waals surface area contributed by atoms with Crippen LogP contribution in [0.4, 0.5) is 5.82 Å². The van der Waals surface area contributed by atoms with Crippen LogP contribution in [-0.2, 0) is 0 Å². The minimum Gasteiger partial charge on any atom is -0.475 e. The molecule has 0 aromatic carbocycles. The highest BCUT2D eigenvalue weighted by molar-refractivity contribution is 5.83. The van der Waals surface area contributed by atoms with E-state index in [1.807, 2.05) is 0 Å². The highest BCUT2D eigenvalue weighted by atomic mass is 16.4. The van der Waals surface area contributed by atoms with Gasteiger partial charge in [-0.05, 0) is 6.07 Å². The molecule has 1 aromatic rings. The zero-order chi connectivity index (χ0) is 9.14. The second-order valence-corrected chi connectivity index (χ2v) is 2.44. The van der Waals surface area contributed by atoms with Crippen molar-refractivity contribution < 1.29 is 9.90 Å². The van der Waals surface area contributed by atoms with Crippen LogP contribution in [-0.4, -0.2) is 35.1 Å². The van der Waals surface area contributed by atoms with Gasteiger partial charge in [-0.2, -0.15) is 0 Å². The molecule has 64 valence electrons. The summed E-state index contributed by atoms with van der Waals surface area (Å²) in [5.74, 6) is -0.706. The van der Waals surface area contributed by atoms with E-state index < -0.39 is 5.97 Å². The Morgan fingerprint density at radius 1 is 1.58 bits per heavy atom. The molecule has 0 fully saturated rings. The molecule has 0 atom stereocenters. The lowest BCUT2D eigenvalue weighted by atomic mass is 10.5. The number of hydrogen-bond acceptors (Lipinski definition) is 4. The standard InChI is InChI=1S/C7H9N3O2/c1-10(2)5-3-4-8-6(9-5)7(11)12/h3-4H,1-2H3,(H,11,12). The molecule has 0 amide bonds. The lowest BCUT2D eigenvalue weighted by molar-refractivity contribution is 0.0683. The number of rotatable bonds is 2. The molecule has 1 rings (SSSR count). The summed E-state index contributed by atoms with van der Waals surface area (Å²) in [5.41, 5.74) is 0. The first-order valence-electron chi connectivity index (χ1n) is 3.35. The fourth-order valence-corrected chi connectivity index (χ4v) is 0.701. The third-order valence-electron chi connectivity index (χ3n) is 1.29. The van der Waals surface area contributed by atoms with Crippen LogP contribution in [0.15, 0.2) is 12.3 Å². The van der Waals surface area contributed by atoms with Crippen LogP contribution in [0.25, 0.3) is 0 Å². The number of carbonyl (C=O) groups is 1. The van der Waals surface area contributed by atoms with Crippen molar-refractivity contribution in [2.45, 2.75) is 0 Å². The number of carboxylic acid groups (broad SMARTS) is 1. The first-order chi connectivity index (χ1) is 5.61. The summed E-state index contributed by atoms with van der Waals surface area (Å²) in [7, 11) is 3.57. The van der Waals surface area contributed by atoms with Crippen LogP contribution in [0.2, 0.25) is 0 Å². The van der Waals surface area contributed by atoms with E-state index in [0.29, 0.717) is 5.82 Å². The molecule has 5 nitrogen and oxygen atoms in total. The van der Waals surface area contributed by atoms with Crippen molar-refractivity contribution in [2.75, 3.05) is 19.0 Å². The van der Waals surface area contributed by atoms with Gasteiger partial charge in [-0.1, -0.05) is 0 Å². The van der Waals surface area contributed by atoms with Crippen molar-refractivity contribution in [3.8, 4) is 0 Å². The molecule has 0 spiro atoms. The number of aromatic nitrogens is 2. The normalized spacial score (nSPS) is 9.50. The molecule has 0 unspecified atom stereocenters. The second-order valence-electron chi connectivity index (χ2n) is 2.44. The fourth-order valence-electron chi connectivity index (χ4n) is 0.701. The largest absolute Gasteiger partial charge is 0.475 e. The minimum atomic E-state index is -1.11. The Bertz CT molecular complexity index is 298. The predicted octanol–water partition coefficient (Wildman–Crippen LogP) is 0.241. The summed E-state index contributed by atoms with van der Waals surface area (Å²) in [5, 5.41) is 8.55. The van der Waals surface area contributed by atoms with Crippen LogP contribution in [0.5, 0.6) is 0 Å². The molecule has 1 heterocycles. The van der Waals surface area contributed by atoms with Crippen molar-refractivity contribution in [3.63, 3.8) is 0 Å². The van der Waals surface area contributed by atoms with Gasteiger partial charge < -0.3 is 10.0 Å². The van der Waals surface area contributed by atoms with E-state index in [2.05, 4.69) is 9.97 Å². The number of aromatic carboxylic acids is 1. The number of nitrogens with zero attached hydrogens (tertiary/aromatic N) is 3. The quantitative estimate of drug-likeness (QED) is 0.683. The van der Waals surface area contributed by atoms with Crippen molar-refractivity contribution in [1.29, 1.82) is 0 Å². The van der Waals surface area contributed by atoms with Crippen LogP contribution in [0.1, 0.15) is 10.6 Å². The Labute approximate surface area is 69.7 Å². The summed E-state index contributed by atoms with van der Waals surface area (Å²) in [6.07, 6.45) is 1.42. The highest BCUT2D eigenvalue weighted by Crippen LogP contribution is 2.04. The van der Waals surface area contributed by atoms with Crippen molar-refractivity contribution in [2.24, 2.45) is 0 Å². The SMILES string of the molecule is CN(C)c1ccnc(C(=O)O)n1. The van der Waals surface area contributed by atoms with Crippen LogP contribution >= 0.6 is 0 Å². The predicted molar refractivity (Wildman–Crippen MR) is 43.3 cm³/mol. The Morgan fingerprint density at radius 3 is 2.75 bits per heavy atom. The highest BCUT2D eigenvalue weighted by Gasteiger charge is 2.07. The zero-order valence-corrected chi connectivity index (χ0v) is 6.85. The number of carboxylic acids is 1. The first kappa shape index (κ1) is 8.45. The van der Waals surface area contributed by atoms with E-state index in [4.69, 9.17) is 5.11 Å². The second kappa shape index (κ2) is 3.17. The molecule has 0 radical (unpaired) electrons. The maximum absolute atomic E-state index is 10.4. The van der Waals surface area contributed by atoms with E-state index in [0.717, 1.165) is 0 Å². The molecule has 12 heavy (non-hydrogen) atoms. The maximum Gasteiger partial charge on any atom is 0.374 e. The van der Waals surface area contributed by atoms with Crippen LogP contribution in [0.3, 0.4) is 0 Å². The van der Waals surface area contributed by atoms with Gasteiger partial charge in [0.15, 0.2) is 0 Å². The van der Waals surface area contributed by atoms with Gasteiger partial charge in [-0.15, -0.1) is 0 Å². The summed E-state index contributed by atoms with van der Waals surface area (Å²) in [6, 6.07) is 1.65. The molecule has 0 aliphatic rings. The lowest BCUT2D eigenvalue weighted by Gasteiger charge is -2.09. The van der Waals surface area contributed by atoms with E-state index >= 15 is 0 Å². The van der Waals surface area contributed by atoms with Crippen LogP contribution in [0, 0.1) is 0 Å². The average molecular weight is 167 g/mol. The van der Waals surface area contributed by atoms with Gasteiger partial charge in [0.25, 0.3) is 0 Å². The van der Waals surface area contributed by atoms with Crippen molar-refractivity contribution >= 4 is 11.8 Å². The first-order valence-corrected chi connectivity index (χ1v) is 3.35.